The van der Waals surface area contributed by atoms with Gasteiger partial charge in [-0.1, -0.05) is 48.5 Å². The Morgan fingerprint density at radius 1 is 0.673 bits per heavy atom. The minimum atomic E-state index is -1.06. The number of rotatable bonds is 2. The average Bonchev–Trinajstić information content (AvgIpc) is 3.76. The highest BCUT2D eigenvalue weighted by molar-refractivity contribution is 5.77. The molecule has 52 heavy (non-hydrogen) atoms. The van der Waals surface area contributed by atoms with Crippen molar-refractivity contribution >= 4 is 18.4 Å². The van der Waals surface area contributed by atoms with Crippen LogP contribution < -0.4 is 5.32 Å². The second-order valence-electron chi connectivity index (χ2n) is 16.6. The van der Waals surface area contributed by atoms with E-state index in [-0.39, 0.29) is 24.3 Å². The molecule has 0 aliphatic carbocycles. The van der Waals surface area contributed by atoms with Crippen molar-refractivity contribution in [1.82, 2.24) is 10.2 Å². The molecule has 0 spiro atoms. The summed E-state index contributed by atoms with van der Waals surface area (Å²) in [5.74, 6) is 0. The minimum Gasteiger partial charge on any atom is -0.444 e. The molecule has 0 aromatic heterocycles. The van der Waals surface area contributed by atoms with Crippen LogP contribution in [0.1, 0.15) is 122 Å². The van der Waals surface area contributed by atoms with Crippen LogP contribution in [0.4, 0.5) is 14.4 Å². The summed E-state index contributed by atoms with van der Waals surface area (Å²) in [6.45, 7) is 19.2. The molecule has 2 aromatic rings. The molecule has 11 nitrogen and oxygen atoms in total. The van der Waals surface area contributed by atoms with Gasteiger partial charge in [0, 0.05) is 12.6 Å². The van der Waals surface area contributed by atoms with Gasteiger partial charge in [-0.25, -0.2) is 14.4 Å². The predicted molar refractivity (Wildman–Crippen MR) is 198 cm³/mol. The van der Waals surface area contributed by atoms with Gasteiger partial charge in [0.1, 0.15) is 22.9 Å². The number of carbonyl (C=O) groups excluding carboxylic acids is 3. The van der Waals surface area contributed by atoms with Gasteiger partial charge < -0.3 is 38.6 Å². The van der Waals surface area contributed by atoms with E-state index >= 15 is 0 Å². The molecule has 288 valence electrons. The Balaban J connectivity index is 0.000000180. The normalized spacial score (nSPS) is 22.7. The van der Waals surface area contributed by atoms with Crippen LogP contribution in [0.15, 0.2) is 48.5 Å². The van der Waals surface area contributed by atoms with E-state index in [1.807, 2.05) is 31.7 Å². The molecule has 2 aromatic carbocycles. The standard InChI is InChI=1S/C18H25NO3.C13H17NO.C10H18O5/c1-18(2,3)22-17(20)19-11-6-9-15(19)16-14-8-5-4-7-13(14)10-12-21-16;1-2-5-11-10(4-1)7-9-15-13(11)12-6-3-8-14-12;1-9(2,3)14-7(11)13-8(12)15-10(4,5)6/h4-5,7-8,15-16H,6,9-12H2,1-3H3;1-2,4-5,12-14H,3,6-9H2;1-6H3/t15-,16?;12-,13?;/m00./s1. The summed E-state index contributed by atoms with van der Waals surface area (Å²) in [6, 6.07) is 17.7. The van der Waals surface area contributed by atoms with Crippen molar-refractivity contribution in [2.45, 2.75) is 142 Å². The number of hydrogen-bond donors (Lipinski definition) is 1. The molecular formula is C41H60N2O9. The van der Waals surface area contributed by atoms with Crippen LogP contribution in [0, 0.1) is 0 Å². The van der Waals surface area contributed by atoms with Crippen LogP contribution in [0.25, 0.3) is 0 Å². The van der Waals surface area contributed by atoms with E-state index < -0.39 is 29.1 Å². The lowest BCUT2D eigenvalue weighted by Crippen LogP contribution is -2.43. The smallest absolute Gasteiger partial charge is 0.444 e. The van der Waals surface area contributed by atoms with Crippen LogP contribution in [0.2, 0.25) is 0 Å². The van der Waals surface area contributed by atoms with Crippen LogP contribution in [-0.4, -0.2) is 78.5 Å². The first-order valence-electron chi connectivity index (χ1n) is 18.7. The Bertz CT molecular complexity index is 1460. The molecule has 2 fully saturated rings. The molecule has 0 saturated carbocycles. The SMILES string of the molecule is CC(C)(C)OC(=O)N1CCC[C@H]1C1OCCc2ccccc21.CC(C)(C)OC(=O)OC(=O)OC(C)(C)C.c1ccc2c(c1)CCOC2[C@@H]1CCCN1. The Morgan fingerprint density at radius 2 is 1.17 bits per heavy atom. The summed E-state index contributed by atoms with van der Waals surface area (Å²) in [4.78, 5) is 36.4. The van der Waals surface area contributed by atoms with E-state index in [0.29, 0.717) is 6.04 Å². The number of likely N-dealkylation sites (tertiary alicyclic amines) is 1. The van der Waals surface area contributed by atoms with Gasteiger partial charge in [-0.05, 0) is 130 Å². The molecule has 2 saturated heterocycles. The Kier molecular flexibility index (Phi) is 14.1. The number of nitrogens with zero attached hydrogens (tertiary/aromatic N) is 1. The molecule has 0 radical (unpaired) electrons. The first-order valence-corrected chi connectivity index (χ1v) is 18.7. The lowest BCUT2D eigenvalue weighted by molar-refractivity contribution is -0.0295. The van der Waals surface area contributed by atoms with Crippen molar-refractivity contribution in [3.63, 3.8) is 0 Å². The Labute approximate surface area is 310 Å². The number of amides is 1. The van der Waals surface area contributed by atoms with Gasteiger partial charge in [0.15, 0.2) is 0 Å². The zero-order valence-electron chi connectivity index (χ0n) is 32.6. The van der Waals surface area contributed by atoms with Crippen molar-refractivity contribution in [2.75, 3.05) is 26.3 Å². The van der Waals surface area contributed by atoms with Gasteiger partial charge in [-0.2, -0.15) is 0 Å². The van der Waals surface area contributed by atoms with Gasteiger partial charge in [-0.15, -0.1) is 0 Å². The van der Waals surface area contributed by atoms with Crippen LogP contribution in [-0.2, 0) is 41.3 Å². The van der Waals surface area contributed by atoms with E-state index in [0.717, 1.165) is 52.0 Å². The monoisotopic (exact) mass is 724 g/mol. The zero-order valence-corrected chi connectivity index (χ0v) is 32.6. The van der Waals surface area contributed by atoms with Gasteiger partial charge in [0.05, 0.1) is 25.4 Å². The molecular weight excluding hydrogens is 664 g/mol. The lowest BCUT2D eigenvalue weighted by Gasteiger charge is -2.36. The van der Waals surface area contributed by atoms with Crippen molar-refractivity contribution < 1.29 is 42.8 Å². The second-order valence-corrected chi connectivity index (χ2v) is 16.6. The van der Waals surface area contributed by atoms with Crippen molar-refractivity contribution in [3.05, 3.63) is 70.8 Å². The maximum absolute atomic E-state index is 12.5. The Morgan fingerprint density at radius 3 is 1.67 bits per heavy atom. The fourth-order valence-corrected chi connectivity index (χ4v) is 6.74. The van der Waals surface area contributed by atoms with E-state index in [1.54, 1.807) is 41.5 Å². The maximum atomic E-state index is 12.5. The summed E-state index contributed by atoms with van der Waals surface area (Å²) in [5.41, 5.74) is 3.60. The highest BCUT2D eigenvalue weighted by Gasteiger charge is 2.40. The predicted octanol–water partition coefficient (Wildman–Crippen LogP) is 8.63. The number of ether oxygens (including phenoxy) is 6. The second kappa shape index (κ2) is 17.9. The van der Waals surface area contributed by atoms with E-state index in [4.69, 9.17) is 23.7 Å². The largest absolute Gasteiger partial charge is 0.519 e. The molecule has 4 atom stereocenters. The van der Waals surface area contributed by atoms with E-state index in [9.17, 15) is 14.4 Å². The van der Waals surface area contributed by atoms with Gasteiger partial charge in [0.25, 0.3) is 0 Å². The van der Waals surface area contributed by atoms with Gasteiger partial charge in [-0.3, -0.25) is 0 Å². The molecule has 6 rings (SSSR count). The minimum absolute atomic E-state index is 0.0278. The Hall–Kier alpha value is -3.67. The molecule has 2 unspecified atom stereocenters. The molecule has 1 amide bonds. The fourth-order valence-electron chi connectivity index (χ4n) is 6.74. The van der Waals surface area contributed by atoms with Crippen molar-refractivity contribution in [3.8, 4) is 0 Å². The summed E-state index contributed by atoms with van der Waals surface area (Å²) in [7, 11) is 0. The van der Waals surface area contributed by atoms with Crippen molar-refractivity contribution in [2.24, 2.45) is 0 Å². The third kappa shape index (κ3) is 12.8. The number of carbonyl (C=O) groups is 3. The molecule has 4 aliphatic rings. The molecule has 1 N–H and O–H groups in total. The third-order valence-electron chi connectivity index (χ3n) is 8.75. The molecule has 4 heterocycles. The summed E-state index contributed by atoms with van der Waals surface area (Å²) in [5, 5.41) is 3.54. The quantitative estimate of drug-likeness (QED) is 0.183. The van der Waals surface area contributed by atoms with Gasteiger partial charge >= 0.3 is 18.4 Å². The van der Waals surface area contributed by atoms with Crippen LogP contribution >= 0.6 is 0 Å². The molecule has 11 heteroatoms. The van der Waals surface area contributed by atoms with Crippen molar-refractivity contribution in [1.29, 1.82) is 0 Å². The highest BCUT2D eigenvalue weighted by atomic mass is 16.8. The zero-order chi connectivity index (χ0) is 38.1. The summed E-state index contributed by atoms with van der Waals surface area (Å²) < 4.78 is 31.3. The number of nitrogens with one attached hydrogen (secondary N) is 1. The summed E-state index contributed by atoms with van der Waals surface area (Å²) >= 11 is 0. The van der Waals surface area contributed by atoms with Gasteiger partial charge in [0.2, 0.25) is 0 Å². The van der Waals surface area contributed by atoms with E-state index in [1.165, 1.54) is 35.1 Å². The maximum Gasteiger partial charge on any atom is 0.519 e. The number of hydrogen-bond acceptors (Lipinski definition) is 10. The average molecular weight is 725 g/mol. The highest BCUT2D eigenvalue weighted by Crippen LogP contribution is 2.37. The summed E-state index contributed by atoms with van der Waals surface area (Å²) in [6.07, 6.45) is 4.45. The molecule has 4 aliphatic heterocycles. The lowest BCUT2D eigenvalue weighted by atomic mass is 9.92. The van der Waals surface area contributed by atoms with E-state index in [2.05, 4.69) is 52.5 Å². The topological polar surface area (TPSA) is 122 Å². The van der Waals surface area contributed by atoms with Crippen LogP contribution in [0.5, 0.6) is 0 Å². The first-order chi connectivity index (χ1) is 24.4. The van der Waals surface area contributed by atoms with Crippen LogP contribution in [0.3, 0.4) is 0 Å². The third-order valence-corrected chi connectivity index (χ3v) is 8.75. The number of benzene rings is 2. The molecule has 0 bridgehead atoms. The number of fused-ring (bicyclic) bond motifs is 2. The first kappa shape index (κ1) is 41.1. The fraction of sp³-hybridized carbons (Fsp3) is 0.634.